The molecule has 1 aromatic carbocycles. The van der Waals surface area contributed by atoms with E-state index in [1.54, 1.807) is 11.2 Å². The summed E-state index contributed by atoms with van der Waals surface area (Å²) in [6, 6.07) is 13.4. The Morgan fingerprint density at radius 3 is 2.74 bits per heavy atom. The van der Waals surface area contributed by atoms with Gasteiger partial charge in [0.1, 0.15) is 5.76 Å². The van der Waals surface area contributed by atoms with Crippen molar-refractivity contribution in [2.75, 3.05) is 31.1 Å². The molecule has 1 aromatic heterocycles. The minimum absolute atomic E-state index is 0.0474. The average Bonchev–Trinajstić information content (AvgIpc) is 3.24. The number of benzene rings is 1. The number of amides is 1. The van der Waals surface area contributed by atoms with Gasteiger partial charge in [-0.15, -0.1) is 0 Å². The van der Waals surface area contributed by atoms with Crippen molar-refractivity contribution >= 4 is 11.6 Å². The van der Waals surface area contributed by atoms with Crippen LogP contribution in [0.1, 0.15) is 12.2 Å². The second kappa shape index (κ2) is 7.44. The van der Waals surface area contributed by atoms with Gasteiger partial charge in [-0.3, -0.25) is 9.69 Å². The van der Waals surface area contributed by atoms with E-state index >= 15 is 0 Å². The highest BCUT2D eigenvalue weighted by Crippen LogP contribution is 2.20. The van der Waals surface area contributed by atoms with Crippen LogP contribution in [0, 0.1) is 5.92 Å². The van der Waals surface area contributed by atoms with Crippen LogP contribution in [0.4, 0.5) is 5.69 Å². The Labute approximate surface area is 136 Å². The average molecular weight is 314 g/mol. The second-order valence-electron chi connectivity index (χ2n) is 5.97. The van der Waals surface area contributed by atoms with Crippen LogP contribution in [0.15, 0.2) is 53.1 Å². The van der Waals surface area contributed by atoms with Crippen molar-refractivity contribution in [2.45, 2.75) is 13.0 Å². The van der Waals surface area contributed by atoms with E-state index in [4.69, 9.17) is 4.42 Å². The molecule has 1 fully saturated rings. The molecular weight excluding hydrogens is 292 g/mol. The summed E-state index contributed by atoms with van der Waals surface area (Å²) in [5.74, 6) is 1.10. The van der Waals surface area contributed by atoms with E-state index < -0.39 is 0 Å². The Bertz CT molecular complexity index is 612. The van der Waals surface area contributed by atoms with Gasteiger partial charge >= 0.3 is 0 Å². The van der Waals surface area contributed by atoms with Gasteiger partial charge in [0.2, 0.25) is 5.91 Å². The van der Waals surface area contributed by atoms with E-state index in [-0.39, 0.29) is 18.4 Å². The maximum atomic E-state index is 12.8. The first-order valence-corrected chi connectivity index (χ1v) is 7.97. The number of aliphatic hydroxyl groups is 1. The summed E-state index contributed by atoms with van der Waals surface area (Å²) < 4.78 is 5.40. The second-order valence-corrected chi connectivity index (χ2v) is 5.97. The van der Waals surface area contributed by atoms with Crippen molar-refractivity contribution in [1.29, 1.82) is 0 Å². The monoisotopic (exact) mass is 314 g/mol. The molecular formula is C18H22N2O3. The van der Waals surface area contributed by atoms with Crippen molar-refractivity contribution in [2.24, 2.45) is 5.92 Å². The number of para-hydroxylation sites is 1. The zero-order valence-electron chi connectivity index (χ0n) is 13.1. The number of carbonyl (C=O) groups is 1. The predicted octanol–water partition coefficient (Wildman–Crippen LogP) is 2.13. The molecule has 1 amide bonds. The molecule has 1 N–H and O–H groups in total. The number of anilines is 1. The van der Waals surface area contributed by atoms with E-state index in [1.165, 1.54) is 0 Å². The van der Waals surface area contributed by atoms with Gasteiger partial charge in [-0.05, 0) is 43.1 Å². The van der Waals surface area contributed by atoms with E-state index in [2.05, 4.69) is 4.90 Å². The van der Waals surface area contributed by atoms with Gasteiger partial charge in [-0.25, -0.2) is 0 Å². The third-order valence-corrected chi connectivity index (χ3v) is 4.25. The molecule has 23 heavy (non-hydrogen) atoms. The van der Waals surface area contributed by atoms with Gasteiger partial charge in [0.15, 0.2) is 0 Å². The molecule has 0 spiro atoms. The fourth-order valence-corrected chi connectivity index (χ4v) is 2.97. The fraction of sp³-hybridized carbons (Fsp3) is 0.389. The van der Waals surface area contributed by atoms with Crippen molar-refractivity contribution in [3.05, 3.63) is 54.5 Å². The minimum atomic E-state index is 0.0474. The lowest BCUT2D eigenvalue weighted by Gasteiger charge is -2.25. The Hall–Kier alpha value is -2.11. The van der Waals surface area contributed by atoms with E-state index in [0.29, 0.717) is 13.1 Å². The van der Waals surface area contributed by atoms with E-state index in [9.17, 15) is 9.90 Å². The predicted molar refractivity (Wildman–Crippen MR) is 88.0 cm³/mol. The summed E-state index contributed by atoms with van der Waals surface area (Å²) in [6.45, 7) is 2.63. The molecule has 0 bridgehead atoms. The first-order valence-electron chi connectivity index (χ1n) is 7.97. The zero-order chi connectivity index (χ0) is 16.1. The van der Waals surface area contributed by atoms with Gasteiger partial charge in [0.05, 0.1) is 19.4 Å². The van der Waals surface area contributed by atoms with Crippen molar-refractivity contribution in [3.8, 4) is 0 Å². The Morgan fingerprint density at radius 1 is 1.26 bits per heavy atom. The summed E-state index contributed by atoms with van der Waals surface area (Å²) >= 11 is 0. The highest BCUT2D eigenvalue weighted by molar-refractivity contribution is 5.94. The van der Waals surface area contributed by atoms with Crippen molar-refractivity contribution in [3.63, 3.8) is 0 Å². The first-order chi connectivity index (χ1) is 11.3. The van der Waals surface area contributed by atoms with E-state index in [1.807, 2.05) is 42.5 Å². The highest BCUT2D eigenvalue weighted by Gasteiger charge is 2.26. The Morgan fingerprint density at radius 2 is 2.09 bits per heavy atom. The lowest BCUT2D eigenvalue weighted by molar-refractivity contribution is -0.119. The van der Waals surface area contributed by atoms with Crippen LogP contribution in [0.3, 0.4) is 0 Å². The molecule has 0 aliphatic carbocycles. The van der Waals surface area contributed by atoms with E-state index in [0.717, 1.165) is 31.0 Å². The molecule has 1 atom stereocenters. The van der Waals surface area contributed by atoms with Crippen molar-refractivity contribution in [1.82, 2.24) is 4.90 Å². The molecule has 1 aliphatic rings. The number of carbonyl (C=O) groups excluding carboxylic acids is 1. The lowest BCUT2D eigenvalue weighted by atomic mass is 10.1. The number of rotatable bonds is 6. The zero-order valence-corrected chi connectivity index (χ0v) is 13.1. The van der Waals surface area contributed by atoms with Gasteiger partial charge < -0.3 is 14.4 Å². The molecule has 3 rings (SSSR count). The van der Waals surface area contributed by atoms with Gasteiger partial charge in [-0.1, -0.05) is 18.2 Å². The topological polar surface area (TPSA) is 56.9 Å². The molecule has 0 saturated carbocycles. The normalized spacial score (nSPS) is 18.2. The fourth-order valence-electron chi connectivity index (χ4n) is 2.97. The summed E-state index contributed by atoms with van der Waals surface area (Å²) in [5, 5.41) is 9.24. The quantitative estimate of drug-likeness (QED) is 0.887. The Balaban J connectivity index is 1.71. The maximum absolute atomic E-state index is 12.8. The summed E-state index contributed by atoms with van der Waals surface area (Å²) in [7, 11) is 0. The molecule has 2 aromatic rings. The van der Waals surface area contributed by atoms with Crippen LogP contribution in [0.25, 0.3) is 0 Å². The van der Waals surface area contributed by atoms with Crippen LogP contribution < -0.4 is 4.90 Å². The first kappa shape index (κ1) is 15.8. The molecule has 2 heterocycles. The lowest BCUT2D eigenvalue weighted by Crippen LogP contribution is -2.39. The molecule has 5 nitrogen and oxygen atoms in total. The molecule has 1 aliphatic heterocycles. The number of aliphatic hydroxyl groups excluding tert-OH is 1. The SMILES string of the molecule is O=C(CN1CCC(CO)C1)N(Cc1ccco1)c1ccccc1. The van der Waals surface area contributed by atoms with Gasteiger partial charge in [0.25, 0.3) is 0 Å². The van der Waals surface area contributed by atoms with Gasteiger partial charge in [-0.2, -0.15) is 0 Å². The number of hydrogen-bond donors (Lipinski definition) is 1. The smallest absolute Gasteiger partial charge is 0.241 e. The van der Waals surface area contributed by atoms with Gasteiger partial charge in [0, 0.05) is 18.8 Å². The Kier molecular flexibility index (Phi) is 5.10. The number of likely N-dealkylation sites (tertiary alicyclic amines) is 1. The largest absolute Gasteiger partial charge is 0.467 e. The van der Waals surface area contributed by atoms with Crippen LogP contribution in [-0.4, -0.2) is 42.2 Å². The molecule has 5 heteroatoms. The van der Waals surface area contributed by atoms with Crippen LogP contribution in [-0.2, 0) is 11.3 Å². The summed E-state index contributed by atoms with van der Waals surface area (Å²) in [4.78, 5) is 16.7. The number of hydrogen-bond acceptors (Lipinski definition) is 4. The summed E-state index contributed by atoms with van der Waals surface area (Å²) in [5.41, 5.74) is 0.867. The number of furan rings is 1. The third-order valence-electron chi connectivity index (χ3n) is 4.25. The van der Waals surface area contributed by atoms with Crippen LogP contribution >= 0.6 is 0 Å². The van der Waals surface area contributed by atoms with Crippen LogP contribution in [0.5, 0.6) is 0 Å². The van der Waals surface area contributed by atoms with Crippen LogP contribution in [0.2, 0.25) is 0 Å². The molecule has 122 valence electrons. The number of nitrogens with zero attached hydrogens (tertiary/aromatic N) is 2. The maximum Gasteiger partial charge on any atom is 0.241 e. The van der Waals surface area contributed by atoms with Crippen molar-refractivity contribution < 1.29 is 14.3 Å². The highest BCUT2D eigenvalue weighted by atomic mass is 16.3. The summed E-state index contributed by atoms with van der Waals surface area (Å²) in [6.07, 6.45) is 2.57. The molecule has 0 radical (unpaired) electrons. The molecule has 1 unspecified atom stereocenters. The standard InChI is InChI=1S/C18H22N2O3/c21-14-15-8-9-19(11-15)13-18(22)20(12-17-7-4-10-23-17)16-5-2-1-3-6-16/h1-7,10,15,21H,8-9,11-14H2. The molecule has 1 saturated heterocycles. The third kappa shape index (κ3) is 4.00. The minimum Gasteiger partial charge on any atom is -0.467 e.